The highest BCUT2D eigenvalue weighted by atomic mass is 32.2. The standard InChI is InChI=1S/C29H54O12S/c1-3-5-7-9-11-12-14-15-17-24(30)38-19-22(40-25(31)18-16-13-10-8-6-4-2)20-39-29-28(34)27(33)26(32)23(41-29)21-42(35,36)37/h22-23,26-29,32-34H,3-21H2,1-2H3,(H,35,36,37)/t22-,23-,26-,27+,28-,29-/m1/s1. The normalized spacial score (nSPS) is 23.4. The largest absolute Gasteiger partial charge is 0.462 e. The molecule has 1 saturated heterocycles. The lowest BCUT2D eigenvalue weighted by Gasteiger charge is -2.40. The molecule has 1 rings (SSSR count). The molecule has 6 atom stereocenters. The van der Waals surface area contributed by atoms with Gasteiger partial charge in [-0.3, -0.25) is 14.1 Å². The van der Waals surface area contributed by atoms with E-state index in [-0.39, 0.29) is 19.4 Å². The summed E-state index contributed by atoms with van der Waals surface area (Å²) in [5.74, 6) is -1.99. The number of carbonyl (C=O) groups is 2. The number of aliphatic hydroxyl groups excluding tert-OH is 3. The first-order chi connectivity index (χ1) is 20.0. The molecule has 42 heavy (non-hydrogen) atoms. The average molecular weight is 627 g/mol. The van der Waals surface area contributed by atoms with E-state index in [2.05, 4.69) is 13.8 Å². The monoisotopic (exact) mass is 626 g/mol. The van der Waals surface area contributed by atoms with Crippen LogP contribution < -0.4 is 0 Å². The van der Waals surface area contributed by atoms with Crippen LogP contribution in [-0.2, 0) is 38.7 Å². The third-order valence-electron chi connectivity index (χ3n) is 7.19. The van der Waals surface area contributed by atoms with Crippen molar-refractivity contribution in [2.75, 3.05) is 19.0 Å². The molecule has 0 saturated carbocycles. The number of rotatable bonds is 24. The zero-order chi connectivity index (χ0) is 31.4. The minimum Gasteiger partial charge on any atom is -0.462 e. The maximum absolute atomic E-state index is 12.5. The van der Waals surface area contributed by atoms with Crippen LogP contribution in [0.1, 0.15) is 117 Å². The highest BCUT2D eigenvalue weighted by molar-refractivity contribution is 7.85. The van der Waals surface area contributed by atoms with Gasteiger partial charge < -0.3 is 34.3 Å². The van der Waals surface area contributed by atoms with Crippen molar-refractivity contribution < 1.29 is 56.8 Å². The third-order valence-corrected chi connectivity index (χ3v) is 7.94. The van der Waals surface area contributed by atoms with E-state index in [1.54, 1.807) is 0 Å². The number of aliphatic hydroxyl groups is 3. The minimum atomic E-state index is -4.58. The zero-order valence-corrected chi connectivity index (χ0v) is 26.2. The Labute approximate surface area is 251 Å². The van der Waals surface area contributed by atoms with Crippen LogP contribution in [0.4, 0.5) is 0 Å². The summed E-state index contributed by atoms with van der Waals surface area (Å²) in [6.45, 7) is 3.58. The first-order valence-corrected chi connectivity index (χ1v) is 17.2. The van der Waals surface area contributed by atoms with Gasteiger partial charge in [0.15, 0.2) is 12.4 Å². The molecule has 0 unspecified atom stereocenters. The summed E-state index contributed by atoms with van der Waals surface area (Å²) < 4.78 is 53.2. The van der Waals surface area contributed by atoms with E-state index in [0.717, 1.165) is 51.4 Å². The Balaban J connectivity index is 2.63. The Hall–Kier alpha value is -1.35. The Bertz CT molecular complexity index is 836. The molecule has 0 bridgehead atoms. The van der Waals surface area contributed by atoms with Gasteiger partial charge in [-0.05, 0) is 12.8 Å². The van der Waals surface area contributed by atoms with E-state index in [9.17, 15) is 33.3 Å². The molecular formula is C29H54O12S. The number of unbranched alkanes of at least 4 members (excludes halogenated alkanes) is 12. The number of carbonyl (C=O) groups excluding carboxylic acids is 2. The van der Waals surface area contributed by atoms with Crippen molar-refractivity contribution in [3.05, 3.63) is 0 Å². The summed E-state index contributed by atoms with van der Waals surface area (Å²) in [4.78, 5) is 24.8. The van der Waals surface area contributed by atoms with Crippen molar-refractivity contribution >= 4 is 22.1 Å². The molecule has 0 aromatic carbocycles. The van der Waals surface area contributed by atoms with Gasteiger partial charge in [0, 0.05) is 12.8 Å². The van der Waals surface area contributed by atoms with Gasteiger partial charge in [0.2, 0.25) is 0 Å². The van der Waals surface area contributed by atoms with Gasteiger partial charge in [-0.15, -0.1) is 0 Å². The maximum atomic E-state index is 12.5. The summed E-state index contributed by atoms with van der Waals surface area (Å²) in [7, 11) is -4.58. The molecule has 0 aliphatic carbocycles. The van der Waals surface area contributed by atoms with E-state index < -0.39 is 71.2 Å². The summed E-state index contributed by atoms with van der Waals surface area (Å²) in [6.07, 6.45) is 5.26. The van der Waals surface area contributed by atoms with Gasteiger partial charge in [0.05, 0.1) is 6.61 Å². The van der Waals surface area contributed by atoms with Crippen LogP contribution in [-0.4, -0.2) is 96.0 Å². The van der Waals surface area contributed by atoms with Crippen LogP contribution in [0.2, 0.25) is 0 Å². The number of hydrogen-bond acceptors (Lipinski definition) is 11. The molecule has 1 aliphatic rings. The van der Waals surface area contributed by atoms with Crippen molar-refractivity contribution in [2.45, 2.75) is 153 Å². The topological polar surface area (TPSA) is 186 Å². The molecule has 1 heterocycles. The molecule has 0 spiro atoms. The lowest BCUT2D eigenvalue weighted by Crippen LogP contribution is -2.60. The van der Waals surface area contributed by atoms with Gasteiger partial charge >= 0.3 is 11.9 Å². The Morgan fingerprint density at radius 2 is 1.21 bits per heavy atom. The predicted octanol–water partition coefficient (Wildman–Crippen LogP) is 3.43. The minimum absolute atomic E-state index is 0.165. The summed E-state index contributed by atoms with van der Waals surface area (Å²) in [5.41, 5.74) is 0. The maximum Gasteiger partial charge on any atom is 0.306 e. The predicted molar refractivity (Wildman–Crippen MR) is 155 cm³/mol. The highest BCUT2D eigenvalue weighted by Crippen LogP contribution is 2.23. The second-order valence-corrected chi connectivity index (χ2v) is 12.6. The van der Waals surface area contributed by atoms with Crippen LogP contribution in [0.25, 0.3) is 0 Å². The van der Waals surface area contributed by atoms with Gasteiger partial charge in [0.1, 0.15) is 36.8 Å². The molecule has 0 amide bonds. The number of esters is 2. The number of ether oxygens (including phenoxy) is 4. The summed E-state index contributed by atoms with van der Waals surface area (Å²) in [6, 6.07) is 0. The fourth-order valence-corrected chi connectivity index (χ4v) is 5.36. The van der Waals surface area contributed by atoms with Crippen molar-refractivity contribution in [1.29, 1.82) is 0 Å². The summed E-state index contributed by atoms with van der Waals surface area (Å²) >= 11 is 0. The van der Waals surface area contributed by atoms with E-state index in [0.29, 0.717) is 12.8 Å². The Morgan fingerprint density at radius 1 is 0.714 bits per heavy atom. The molecule has 1 aliphatic heterocycles. The highest BCUT2D eigenvalue weighted by Gasteiger charge is 2.46. The molecule has 12 nitrogen and oxygen atoms in total. The van der Waals surface area contributed by atoms with Crippen LogP contribution in [0.5, 0.6) is 0 Å². The lowest BCUT2D eigenvalue weighted by molar-refractivity contribution is -0.297. The van der Waals surface area contributed by atoms with Gasteiger partial charge in [-0.2, -0.15) is 8.42 Å². The SMILES string of the molecule is CCCCCCCCCCC(=O)OC[C@H](CO[C@@H]1O[C@H](CS(=O)(=O)O)[C@@H](O)[C@H](O)[C@H]1O)OC(=O)CCCCCCCC. The van der Waals surface area contributed by atoms with Crippen molar-refractivity contribution in [1.82, 2.24) is 0 Å². The van der Waals surface area contributed by atoms with E-state index >= 15 is 0 Å². The fraction of sp³-hybridized carbons (Fsp3) is 0.931. The second-order valence-electron chi connectivity index (χ2n) is 11.1. The zero-order valence-electron chi connectivity index (χ0n) is 25.4. The Kier molecular flexibility index (Phi) is 20.4. The number of hydrogen-bond donors (Lipinski definition) is 4. The second kappa shape index (κ2) is 22.2. The fourth-order valence-electron chi connectivity index (χ4n) is 4.67. The van der Waals surface area contributed by atoms with Gasteiger partial charge in [-0.1, -0.05) is 90.9 Å². The molecule has 1 fully saturated rings. The van der Waals surface area contributed by atoms with Crippen LogP contribution in [0.15, 0.2) is 0 Å². The van der Waals surface area contributed by atoms with Gasteiger partial charge in [0.25, 0.3) is 10.1 Å². The first-order valence-electron chi connectivity index (χ1n) is 15.6. The Morgan fingerprint density at radius 3 is 1.74 bits per heavy atom. The summed E-state index contributed by atoms with van der Waals surface area (Å²) in [5, 5.41) is 30.4. The molecule has 0 aromatic rings. The van der Waals surface area contributed by atoms with Crippen molar-refractivity contribution in [3.8, 4) is 0 Å². The lowest BCUT2D eigenvalue weighted by atomic mass is 10.00. The third kappa shape index (κ3) is 17.7. The van der Waals surface area contributed by atoms with Gasteiger partial charge in [-0.25, -0.2) is 0 Å². The smallest absolute Gasteiger partial charge is 0.306 e. The van der Waals surface area contributed by atoms with Crippen molar-refractivity contribution in [2.24, 2.45) is 0 Å². The first kappa shape index (κ1) is 38.7. The quantitative estimate of drug-likeness (QED) is 0.0696. The van der Waals surface area contributed by atoms with Crippen LogP contribution >= 0.6 is 0 Å². The van der Waals surface area contributed by atoms with Crippen LogP contribution in [0.3, 0.4) is 0 Å². The average Bonchev–Trinajstić information content (AvgIpc) is 2.93. The van der Waals surface area contributed by atoms with Crippen molar-refractivity contribution in [3.63, 3.8) is 0 Å². The molecule has 0 aromatic heterocycles. The molecular weight excluding hydrogens is 572 g/mol. The van der Waals surface area contributed by atoms with E-state index in [1.165, 1.54) is 25.7 Å². The molecule has 13 heteroatoms. The molecule has 248 valence electrons. The molecule has 4 N–H and O–H groups in total. The van der Waals surface area contributed by atoms with E-state index in [4.69, 9.17) is 23.5 Å². The van der Waals surface area contributed by atoms with E-state index in [1.807, 2.05) is 0 Å². The molecule has 0 radical (unpaired) electrons. The van der Waals surface area contributed by atoms with Crippen LogP contribution in [0, 0.1) is 0 Å².